The Morgan fingerprint density at radius 2 is 1.93 bits per heavy atom. The average molecular weight is 392 g/mol. The number of alkyl halides is 2. The number of halogens is 2. The Morgan fingerprint density at radius 3 is 2.63 bits per heavy atom. The first-order valence-corrected chi connectivity index (χ1v) is 9.22. The van der Waals surface area contributed by atoms with Crippen molar-refractivity contribution in [3.63, 3.8) is 0 Å². The fraction of sp³-hybridized carbons (Fsp3) is 0.263. The smallest absolute Gasteiger partial charge is 0.387 e. The van der Waals surface area contributed by atoms with Crippen molar-refractivity contribution >= 4 is 29.3 Å². The van der Waals surface area contributed by atoms with Crippen LogP contribution in [-0.2, 0) is 16.1 Å². The van der Waals surface area contributed by atoms with E-state index in [2.05, 4.69) is 4.74 Å². The van der Waals surface area contributed by atoms with E-state index in [0.29, 0.717) is 12.3 Å². The molecule has 1 aliphatic heterocycles. The summed E-state index contributed by atoms with van der Waals surface area (Å²) in [6.07, 6.45) is 0. The van der Waals surface area contributed by atoms with Crippen molar-refractivity contribution in [1.82, 2.24) is 4.90 Å². The van der Waals surface area contributed by atoms with Crippen LogP contribution in [0.3, 0.4) is 0 Å². The normalized spacial score (nSPS) is 13.5. The SMILES string of the molecule is CN(Cc1ccc(OC(F)F)cc1)C(=O)CN1C(=O)CSc2ccccc21. The molecule has 0 saturated carbocycles. The number of hydrogen-bond acceptors (Lipinski definition) is 4. The second-order valence-electron chi connectivity index (χ2n) is 6.01. The number of amides is 2. The molecule has 0 N–H and O–H groups in total. The molecule has 5 nitrogen and oxygen atoms in total. The summed E-state index contributed by atoms with van der Waals surface area (Å²) < 4.78 is 28.7. The lowest BCUT2D eigenvalue weighted by Gasteiger charge is -2.30. The number of ether oxygens (including phenoxy) is 1. The molecular weight excluding hydrogens is 374 g/mol. The fourth-order valence-electron chi connectivity index (χ4n) is 2.72. The van der Waals surface area contributed by atoms with Gasteiger partial charge in [0.05, 0.1) is 11.4 Å². The van der Waals surface area contributed by atoms with Gasteiger partial charge in [-0.15, -0.1) is 11.8 Å². The molecule has 0 fully saturated rings. The van der Waals surface area contributed by atoms with Gasteiger partial charge in [-0.05, 0) is 29.8 Å². The van der Waals surface area contributed by atoms with Gasteiger partial charge in [-0.1, -0.05) is 24.3 Å². The molecule has 0 aromatic heterocycles. The number of carbonyl (C=O) groups excluding carboxylic acids is 2. The van der Waals surface area contributed by atoms with Crippen LogP contribution in [0, 0.1) is 0 Å². The lowest BCUT2D eigenvalue weighted by Crippen LogP contribution is -2.43. The van der Waals surface area contributed by atoms with Crippen molar-refractivity contribution in [1.29, 1.82) is 0 Å². The molecular formula is C19H18F2N2O3S. The van der Waals surface area contributed by atoms with Crippen molar-refractivity contribution < 1.29 is 23.1 Å². The Hall–Kier alpha value is -2.61. The van der Waals surface area contributed by atoms with Crippen LogP contribution in [-0.4, -0.2) is 42.7 Å². The summed E-state index contributed by atoms with van der Waals surface area (Å²) in [5.74, 6) is 0.0576. The number of thioether (sulfide) groups is 1. The monoisotopic (exact) mass is 392 g/mol. The topological polar surface area (TPSA) is 49.9 Å². The van der Waals surface area contributed by atoms with Gasteiger partial charge in [0.2, 0.25) is 11.8 Å². The van der Waals surface area contributed by atoms with E-state index in [-0.39, 0.29) is 24.1 Å². The van der Waals surface area contributed by atoms with E-state index in [0.717, 1.165) is 16.1 Å². The first kappa shape index (κ1) is 19.2. The predicted molar refractivity (Wildman–Crippen MR) is 99.1 cm³/mol. The van der Waals surface area contributed by atoms with Gasteiger partial charge >= 0.3 is 6.61 Å². The number of benzene rings is 2. The molecule has 0 saturated heterocycles. The Kier molecular flexibility index (Phi) is 5.95. The zero-order chi connectivity index (χ0) is 19.4. The fourth-order valence-corrected chi connectivity index (χ4v) is 3.66. The lowest BCUT2D eigenvalue weighted by atomic mass is 10.2. The molecule has 2 aromatic carbocycles. The number of nitrogens with zero attached hydrogens (tertiary/aromatic N) is 2. The Balaban J connectivity index is 1.63. The number of anilines is 1. The summed E-state index contributed by atoms with van der Waals surface area (Å²) in [6, 6.07) is 13.6. The molecule has 27 heavy (non-hydrogen) atoms. The highest BCUT2D eigenvalue weighted by molar-refractivity contribution is 8.00. The third kappa shape index (κ3) is 4.77. The van der Waals surface area contributed by atoms with Crippen LogP contribution in [0.25, 0.3) is 0 Å². The first-order chi connectivity index (χ1) is 12.9. The molecule has 1 aliphatic rings. The Labute approximate surface area is 159 Å². The number of rotatable bonds is 6. The van der Waals surface area contributed by atoms with Gasteiger partial charge in [-0.25, -0.2) is 0 Å². The van der Waals surface area contributed by atoms with E-state index in [4.69, 9.17) is 0 Å². The van der Waals surface area contributed by atoms with E-state index >= 15 is 0 Å². The molecule has 0 aliphatic carbocycles. The van der Waals surface area contributed by atoms with Crippen molar-refractivity contribution in [3.8, 4) is 5.75 Å². The number of carbonyl (C=O) groups is 2. The summed E-state index contributed by atoms with van der Waals surface area (Å²) in [5.41, 5.74) is 1.52. The molecule has 0 atom stereocenters. The third-order valence-corrected chi connectivity index (χ3v) is 5.14. The van der Waals surface area contributed by atoms with Crippen LogP contribution in [0.1, 0.15) is 5.56 Å². The maximum absolute atomic E-state index is 12.6. The van der Waals surface area contributed by atoms with Gasteiger partial charge in [0.15, 0.2) is 0 Å². The molecule has 1 heterocycles. The van der Waals surface area contributed by atoms with Crippen molar-refractivity contribution in [2.75, 3.05) is 24.2 Å². The van der Waals surface area contributed by atoms with Gasteiger partial charge in [0.25, 0.3) is 0 Å². The van der Waals surface area contributed by atoms with E-state index in [1.807, 2.05) is 24.3 Å². The number of hydrogen-bond donors (Lipinski definition) is 0. The van der Waals surface area contributed by atoms with Gasteiger partial charge in [0.1, 0.15) is 12.3 Å². The molecule has 0 radical (unpaired) electrons. The van der Waals surface area contributed by atoms with Crippen molar-refractivity contribution in [2.24, 2.45) is 0 Å². The van der Waals surface area contributed by atoms with E-state index in [1.54, 1.807) is 19.2 Å². The molecule has 2 aromatic rings. The van der Waals surface area contributed by atoms with Gasteiger partial charge in [-0.2, -0.15) is 8.78 Å². The van der Waals surface area contributed by atoms with Crippen LogP contribution >= 0.6 is 11.8 Å². The minimum atomic E-state index is -2.87. The van der Waals surface area contributed by atoms with Crippen LogP contribution in [0.2, 0.25) is 0 Å². The zero-order valence-electron chi connectivity index (χ0n) is 14.6. The largest absolute Gasteiger partial charge is 0.435 e. The highest BCUT2D eigenvalue weighted by atomic mass is 32.2. The third-order valence-electron chi connectivity index (χ3n) is 4.10. The standard InChI is InChI=1S/C19H18F2N2O3S/c1-22(10-13-6-8-14(9-7-13)26-19(20)21)17(24)11-23-15-4-2-3-5-16(15)27-12-18(23)25/h2-9,19H,10-12H2,1H3. The minimum absolute atomic E-state index is 0.0422. The summed E-state index contributed by atoms with van der Waals surface area (Å²) in [7, 11) is 1.64. The summed E-state index contributed by atoms with van der Waals surface area (Å²) in [5, 5.41) is 0. The molecule has 0 bridgehead atoms. The van der Waals surface area contributed by atoms with Crippen molar-refractivity contribution in [2.45, 2.75) is 18.1 Å². The molecule has 2 amide bonds. The summed E-state index contributed by atoms with van der Waals surface area (Å²) in [6.45, 7) is -2.62. The van der Waals surface area contributed by atoms with E-state index in [9.17, 15) is 18.4 Å². The maximum Gasteiger partial charge on any atom is 0.387 e. The first-order valence-electron chi connectivity index (χ1n) is 8.24. The number of likely N-dealkylation sites (N-methyl/N-ethyl adjacent to an activating group) is 1. The minimum Gasteiger partial charge on any atom is -0.435 e. The van der Waals surface area contributed by atoms with E-state index < -0.39 is 6.61 Å². The Morgan fingerprint density at radius 1 is 1.22 bits per heavy atom. The second-order valence-corrected chi connectivity index (χ2v) is 7.03. The quantitative estimate of drug-likeness (QED) is 0.756. The van der Waals surface area contributed by atoms with E-state index in [1.165, 1.54) is 33.7 Å². The second kappa shape index (κ2) is 8.39. The van der Waals surface area contributed by atoms with Gasteiger partial charge < -0.3 is 14.5 Å². The van der Waals surface area contributed by atoms with Gasteiger partial charge in [-0.3, -0.25) is 9.59 Å². The summed E-state index contributed by atoms with van der Waals surface area (Å²) >= 11 is 1.46. The molecule has 8 heteroatoms. The Bertz CT molecular complexity index is 830. The summed E-state index contributed by atoms with van der Waals surface area (Å²) in [4.78, 5) is 28.8. The maximum atomic E-state index is 12.6. The molecule has 3 rings (SSSR count). The highest BCUT2D eigenvalue weighted by Crippen LogP contribution is 2.34. The van der Waals surface area contributed by atoms with Crippen molar-refractivity contribution in [3.05, 3.63) is 54.1 Å². The predicted octanol–water partition coefficient (Wildman–Crippen LogP) is 3.39. The number of fused-ring (bicyclic) bond motifs is 1. The average Bonchev–Trinajstić information content (AvgIpc) is 2.65. The molecule has 0 spiro atoms. The van der Waals surface area contributed by atoms with Crippen LogP contribution < -0.4 is 9.64 Å². The number of para-hydroxylation sites is 1. The molecule has 0 unspecified atom stereocenters. The van der Waals surface area contributed by atoms with Gasteiger partial charge in [0, 0.05) is 18.5 Å². The molecule has 142 valence electrons. The lowest BCUT2D eigenvalue weighted by molar-refractivity contribution is -0.130. The zero-order valence-corrected chi connectivity index (χ0v) is 15.4. The van der Waals surface area contributed by atoms with Crippen LogP contribution in [0.5, 0.6) is 5.75 Å². The van der Waals surface area contributed by atoms with Crippen LogP contribution in [0.15, 0.2) is 53.4 Å². The van der Waals surface area contributed by atoms with Crippen LogP contribution in [0.4, 0.5) is 14.5 Å². The highest BCUT2D eigenvalue weighted by Gasteiger charge is 2.27.